The number of hydrogen-bond acceptors (Lipinski definition) is 6. The molecule has 1 aromatic carbocycles. The predicted octanol–water partition coefficient (Wildman–Crippen LogP) is 1.69. The summed E-state index contributed by atoms with van der Waals surface area (Å²) in [5.41, 5.74) is 5.66. The average Bonchev–Trinajstić information content (AvgIpc) is 3.26. The van der Waals surface area contributed by atoms with Gasteiger partial charge in [-0.1, -0.05) is 12.1 Å². The van der Waals surface area contributed by atoms with Crippen molar-refractivity contribution < 1.29 is 16.8 Å². The summed E-state index contributed by atoms with van der Waals surface area (Å²) in [6.07, 6.45) is 1.48. The lowest BCUT2D eigenvalue weighted by atomic mass is 10.2. The molecule has 1 atom stereocenters. The third-order valence-electron chi connectivity index (χ3n) is 4.08. The highest BCUT2D eigenvalue weighted by molar-refractivity contribution is 7.93. The van der Waals surface area contributed by atoms with E-state index < -0.39 is 19.9 Å². The first kappa shape index (κ1) is 17.6. The Labute approximate surface area is 145 Å². The van der Waals surface area contributed by atoms with Crippen LogP contribution in [0.1, 0.15) is 12.8 Å². The van der Waals surface area contributed by atoms with Gasteiger partial charge in [0.2, 0.25) is 19.9 Å². The van der Waals surface area contributed by atoms with Crippen LogP contribution in [-0.2, 0) is 19.9 Å². The van der Waals surface area contributed by atoms with Crippen molar-refractivity contribution in [2.75, 3.05) is 13.1 Å². The van der Waals surface area contributed by atoms with Crippen LogP contribution in [0.25, 0.3) is 0 Å². The van der Waals surface area contributed by atoms with E-state index in [2.05, 4.69) is 0 Å². The maximum absolute atomic E-state index is 12.8. The Morgan fingerprint density at radius 2 is 1.88 bits per heavy atom. The number of rotatable bonds is 5. The van der Waals surface area contributed by atoms with Gasteiger partial charge < -0.3 is 5.73 Å². The second-order valence-corrected chi connectivity index (χ2v) is 10.6. The minimum atomic E-state index is -3.76. The zero-order chi connectivity index (χ0) is 17.4. The smallest absolute Gasteiger partial charge is 0.243 e. The lowest BCUT2D eigenvalue weighted by molar-refractivity contribution is 0.393. The number of sulfone groups is 1. The van der Waals surface area contributed by atoms with Gasteiger partial charge in [0, 0.05) is 19.1 Å². The van der Waals surface area contributed by atoms with E-state index >= 15 is 0 Å². The van der Waals surface area contributed by atoms with E-state index in [0.29, 0.717) is 6.54 Å². The molecule has 3 rings (SSSR count). The van der Waals surface area contributed by atoms with E-state index in [1.807, 2.05) is 0 Å². The number of hydrogen-bond donors (Lipinski definition) is 1. The number of nitrogens with two attached hydrogens (primary N) is 1. The van der Waals surface area contributed by atoms with Crippen LogP contribution in [-0.4, -0.2) is 40.3 Å². The molecule has 1 fully saturated rings. The fourth-order valence-electron chi connectivity index (χ4n) is 2.83. The fraction of sp³-hybridized carbons (Fsp3) is 0.333. The second kappa shape index (κ2) is 6.57. The summed E-state index contributed by atoms with van der Waals surface area (Å²) in [6.45, 7) is 0.665. The lowest BCUT2D eigenvalue weighted by Gasteiger charge is -2.23. The first-order chi connectivity index (χ1) is 11.4. The molecule has 9 heteroatoms. The van der Waals surface area contributed by atoms with E-state index in [-0.39, 0.29) is 26.6 Å². The zero-order valence-electron chi connectivity index (χ0n) is 12.8. The molecule has 0 radical (unpaired) electrons. The summed E-state index contributed by atoms with van der Waals surface area (Å²) in [5.74, 6) is 0. The van der Waals surface area contributed by atoms with E-state index in [0.717, 1.165) is 24.2 Å². The van der Waals surface area contributed by atoms with Crippen LogP contribution in [0, 0.1) is 0 Å². The van der Waals surface area contributed by atoms with Crippen LogP contribution in [0.2, 0.25) is 0 Å². The average molecular weight is 387 g/mol. The second-order valence-electron chi connectivity index (χ2n) is 5.56. The third-order valence-corrected chi connectivity index (χ3v) is 9.17. The summed E-state index contributed by atoms with van der Waals surface area (Å²) in [5, 5.41) is 1.67. The third kappa shape index (κ3) is 3.02. The van der Waals surface area contributed by atoms with E-state index in [1.54, 1.807) is 11.4 Å². The Hall–Kier alpha value is -1.26. The van der Waals surface area contributed by atoms with Crippen molar-refractivity contribution in [3.63, 3.8) is 0 Å². The van der Waals surface area contributed by atoms with Crippen molar-refractivity contribution in [3.05, 3.63) is 41.8 Å². The molecule has 0 amide bonds. The number of sulfonamides is 1. The minimum Gasteiger partial charge on any atom is -0.329 e. The molecule has 0 saturated carbocycles. The standard InChI is InChI=1S/C15H18N2O4S3/c16-11-12-4-2-8-17(12)24(20,21)14-6-1-5-13(10-14)23(18,19)15-7-3-9-22-15/h1,3,5-7,9-10,12H,2,4,8,11,16H2/t12-/m0/s1. The van der Waals surface area contributed by atoms with Crippen molar-refractivity contribution in [1.29, 1.82) is 0 Å². The number of benzene rings is 1. The van der Waals surface area contributed by atoms with Gasteiger partial charge >= 0.3 is 0 Å². The van der Waals surface area contributed by atoms with Crippen LogP contribution in [0.15, 0.2) is 55.8 Å². The van der Waals surface area contributed by atoms with E-state index in [1.165, 1.54) is 34.6 Å². The van der Waals surface area contributed by atoms with Crippen molar-refractivity contribution in [1.82, 2.24) is 4.31 Å². The molecule has 2 aromatic rings. The summed E-state index contributed by atoms with van der Waals surface area (Å²) >= 11 is 1.10. The van der Waals surface area contributed by atoms with Gasteiger partial charge in [0.25, 0.3) is 0 Å². The molecule has 1 aliphatic rings. The van der Waals surface area contributed by atoms with E-state index in [4.69, 9.17) is 5.73 Å². The molecule has 2 heterocycles. The maximum Gasteiger partial charge on any atom is 0.243 e. The highest BCUT2D eigenvalue weighted by Gasteiger charge is 2.35. The first-order valence-corrected chi connectivity index (χ1v) is 11.3. The molecule has 24 heavy (non-hydrogen) atoms. The number of thiophene rings is 1. The van der Waals surface area contributed by atoms with Gasteiger partial charge in [0.15, 0.2) is 0 Å². The molecule has 1 aliphatic heterocycles. The van der Waals surface area contributed by atoms with Crippen molar-refractivity contribution >= 4 is 31.2 Å². The van der Waals surface area contributed by atoms with Gasteiger partial charge in [-0.25, -0.2) is 16.8 Å². The summed E-state index contributed by atoms with van der Waals surface area (Å²) in [4.78, 5) is -0.0324. The van der Waals surface area contributed by atoms with Gasteiger partial charge in [0.1, 0.15) is 4.21 Å². The van der Waals surface area contributed by atoms with Crippen LogP contribution < -0.4 is 5.73 Å². The quantitative estimate of drug-likeness (QED) is 0.843. The van der Waals surface area contributed by atoms with Crippen molar-refractivity contribution in [3.8, 4) is 0 Å². The van der Waals surface area contributed by atoms with Crippen LogP contribution in [0.3, 0.4) is 0 Å². The Bertz CT molecular complexity index is 921. The molecule has 6 nitrogen and oxygen atoms in total. The largest absolute Gasteiger partial charge is 0.329 e. The van der Waals surface area contributed by atoms with Crippen molar-refractivity contribution in [2.24, 2.45) is 5.73 Å². The molecule has 130 valence electrons. The fourth-order valence-corrected chi connectivity index (χ4v) is 7.10. The molecule has 1 aromatic heterocycles. The number of nitrogens with zero attached hydrogens (tertiary/aromatic N) is 1. The molecule has 0 bridgehead atoms. The van der Waals surface area contributed by atoms with E-state index in [9.17, 15) is 16.8 Å². The van der Waals surface area contributed by atoms with Gasteiger partial charge in [-0.15, -0.1) is 11.3 Å². The first-order valence-electron chi connectivity index (χ1n) is 7.48. The van der Waals surface area contributed by atoms with Crippen LogP contribution in [0.5, 0.6) is 0 Å². The molecular formula is C15H18N2O4S3. The van der Waals surface area contributed by atoms with Crippen molar-refractivity contribution in [2.45, 2.75) is 32.9 Å². The highest BCUT2D eigenvalue weighted by Crippen LogP contribution is 2.29. The minimum absolute atomic E-state index is 0.0134. The Morgan fingerprint density at radius 1 is 1.12 bits per heavy atom. The van der Waals surface area contributed by atoms with Crippen LogP contribution in [0.4, 0.5) is 0 Å². The Balaban J connectivity index is 2.02. The maximum atomic E-state index is 12.8. The summed E-state index contributed by atoms with van der Waals surface area (Å²) < 4.78 is 52.5. The summed E-state index contributed by atoms with van der Waals surface area (Å²) in [6, 6.07) is 8.46. The van der Waals surface area contributed by atoms with Gasteiger partial charge in [-0.3, -0.25) is 0 Å². The molecule has 0 aliphatic carbocycles. The lowest BCUT2D eigenvalue weighted by Crippen LogP contribution is -2.39. The summed E-state index contributed by atoms with van der Waals surface area (Å²) in [7, 11) is -7.47. The highest BCUT2D eigenvalue weighted by atomic mass is 32.2. The Kier molecular flexibility index (Phi) is 4.80. The molecule has 0 unspecified atom stereocenters. The Morgan fingerprint density at radius 3 is 2.54 bits per heavy atom. The van der Waals surface area contributed by atoms with Gasteiger partial charge in [-0.2, -0.15) is 4.31 Å². The van der Waals surface area contributed by atoms with Crippen LogP contribution >= 0.6 is 11.3 Å². The SMILES string of the molecule is NC[C@@H]1CCCN1S(=O)(=O)c1cccc(S(=O)(=O)c2cccs2)c1. The predicted molar refractivity (Wildman–Crippen MR) is 92.2 cm³/mol. The molecular weight excluding hydrogens is 368 g/mol. The normalized spacial score (nSPS) is 19.6. The molecule has 0 spiro atoms. The monoisotopic (exact) mass is 386 g/mol. The van der Waals surface area contributed by atoms with Gasteiger partial charge in [0.05, 0.1) is 9.79 Å². The molecule has 2 N–H and O–H groups in total. The molecule has 1 saturated heterocycles. The zero-order valence-corrected chi connectivity index (χ0v) is 15.3. The topological polar surface area (TPSA) is 97.5 Å². The van der Waals surface area contributed by atoms with Gasteiger partial charge in [-0.05, 0) is 42.5 Å².